The highest BCUT2D eigenvalue weighted by atomic mass is 35.6. The van der Waals surface area contributed by atoms with Crippen LogP contribution in [-0.4, -0.2) is 62.5 Å². The van der Waals surface area contributed by atoms with Crippen LogP contribution in [0.4, 0.5) is 8.78 Å². The Bertz CT molecular complexity index is 1280. The van der Waals surface area contributed by atoms with Crippen LogP contribution in [-0.2, 0) is 9.59 Å². The minimum Gasteiger partial charge on any atom is -0.365 e. The molecule has 2 aliphatic rings. The molecule has 2 aromatic rings. The lowest BCUT2D eigenvalue weighted by Crippen LogP contribution is -2.56. The first kappa shape index (κ1) is 31.2. The number of amides is 2. The van der Waals surface area contributed by atoms with Crippen LogP contribution in [0.15, 0.2) is 58.7 Å². The van der Waals surface area contributed by atoms with Crippen LogP contribution in [0.3, 0.4) is 0 Å². The van der Waals surface area contributed by atoms with Crippen molar-refractivity contribution in [3.8, 4) is 0 Å². The Hall–Kier alpha value is -1.76. The lowest BCUT2D eigenvalue weighted by atomic mass is 10.0. The molecule has 16 heteroatoms. The molecule has 2 heterocycles. The lowest BCUT2D eigenvalue weighted by molar-refractivity contribution is -0.161. The quantitative estimate of drug-likeness (QED) is 0.412. The van der Waals surface area contributed by atoms with Crippen LogP contribution in [0.5, 0.6) is 0 Å². The highest BCUT2D eigenvalue weighted by molar-refractivity contribution is 6.69. The summed E-state index contributed by atoms with van der Waals surface area (Å²) in [5.74, 6) is -2.91. The van der Waals surface area contributed by atoms with Gasteiger partial charge in [-0.1, -0.05) is 93.9 Å². The Labute approximate surface area is 256 Å². The van der Waals surface area contributed by atoms with Gasteiger partial charge in [-0.25, -0.2) is 8.78 Å². The van der Waals surface area contributed by atoms with E-state index in [-0.39, 0.29) is 11.4 Å². The number of carbonyl (C=O) groups is 2. The molecule has 0 saturated heterocycles. The first-order valence-electron chi connectivity index (χ1n) is 11.4. The second-order valence-corrected chi connectivity index (χ2v) is 13.6. The molecule has 2 unspecified atom stereocenters. The number of benzene rings is 2. The molecule has 2 amide bonds. The zero-order valence-electron chi connectivity index (χ0n) is 20.0. The van der Waals surface area contributed by atoms with Gasteiger partial charge in [0.05, 0.1) is 11.4 Å². The monoisotopic (exact) mass is 674 g/mol. The van der Waals surface area contributed by atoms with Gasteiger partial charge in [-0.15, -0.1) is 0 Å². The van der Waals surface area contributed by atoms with E-state index in [4.69, 9.17) is 69.6 Å². The lowest BCUT2D eigenvalue weighted by Gasteiger charge is -2.37. The molecule has 4 rings (SSSR count). The van der Waals surface area contributed by atoms with Crippen molar-refractivity contribution in [3.63, 3.8) is 0 Å². The zero-order chi connectivity index (χ0) is 29.7. The first-order valence-corrected chi connectivity index (χ1v) is 13.6. The highest BCUT2D eigenvalue weighted by Crippen LogP contribution is 2.48. The predicted molar refractivity (Wildman–Crippen MR) is 149 cm³/mol. The summed E-state index contributed by atoms with van der Waals surface area (Å²) in [6, 6.07) is 10.1. The minimum absolute atomic E-state index is 0.118. The van der Waals surface area contributed by atoms with Crippen LogP contribution in [0.1, 0.15) is 36.8 Å². The summed E-state index contributed by atoms with van der Waals surface area (Å²) in [5, 5.41) is 31.6. The maximum absolute atomic E-state index is 13.4. The molecule has 214 valence electrons. The fraction of sp³-hybridized carbons (Fsp3) is 0.333. The number of hydrogen-bond acceptors (Lipinski definition) is 6. The molecule has 0 aromatic heterocycles. The summed E-state index contributed by atoms with van der Waals surface area (Å²) in [6.07, 6.45) is -2.04. The number of nitrogens with zero attached hydrogens (tertiary/aromatic N) is 4. The number of hydrazone groups is 2. The van der Waals surface area contributed by atoms with Crippen LogP contribution in [0.2, 0.25) is 0 Å². The molecular weight excluding hydrogens is 659 g/mol. The zero-order valence-corrected chi connectivity index (χ0v) is 24.5. The van der Waals surface area contributed by atoms with E-state index in [0.717, 1.165) is 24.3 Å². The smallest absolute Gasteiger partial charge is 0.246 e. The number of carbonyl (C=O) groups excluding carboxylic acids is 2. The van der Waals surface area contributed by atoms with E-state index in [9.17, 15) is 28.6 Å². The second kappa shape index (κ2) is 11.1. The molecular formula is C24H18Cl6F2N4O4. The van der Waals surface area contributed by atoms with E-state index in [1.54, 1.807) is 0 Å². The van der Waals surface area contributed by atoms with Gasteiger partial charge in [-0.3, -0.25) is 9.59 Å². The predicted octanol–water partition coefficient (Wildman–Crippen LogP) is 5.44. The van der Waals surface area contributed by atoms with Gasteiger partial charge in [0.15, 0.2) is 0 Å². The fourth-order valence-corrected chi connectivity index (χ4v) is 4.97. The van der Waals surface area contributed by atoms with Gasteiger partial charge in [-0.05, 0) is 35.4 Å². The standard InChI is InChI=1S/C24H18Cl6F2N4O4/c25-23(26,27)21(39)11-17(13-1-5-15(31)6-2-13)33-35(21)19(37)9-10-20(38)36-22(40,24(28,29)30)12-18(34-36)14-3-7-16(32)8-4-14/h1-8,39-40H,9-12H2. The maximum Gasteiger partial charge on any atom is 0.246 e. The molecule has 8 nitrogen and oxygen atoms in total. The summed E-state index contributed by atoms with van der Waals surface area (Å²) < 4.78 is 21.9. The third kappa shape index (κ3) is 5.91. The van der Waals surface area contributed by atoms with Crippen molar-refractivity contribution in [2.45, 2.75) is 44.7 Å². The van der Waals surface area contributed by atoms with Gasteiger partial charge >= 0.3 is 0 Å². The maximum atomic E-state index is 13.4. The molecule has 40 heavy (non-hydrogen) atoms. The molecule has 0 radical (unpaired) electrons. The van der Waals surface area contributed by atoms with Gasteiger partial charge in [0.25, 0.3) is 0 Å². The summed E-state index contributed by atoms with van der Waals surface area (Å²) in [5.41, 5.74) is -3.94. The Morgan fingerprint density at radius 2 is 1.00 bits per heavy atom. The second-order valence-electron chi connectivity index (χ2n) is 9.00. The average molecular weight is 677 g/mol. The van der Waals surface area contributed by atoms with E-state index in [0.29, 0.717) is 21.1 Å². The molecule has 0 saturated carbocycles. The fourth-order valence-electron chi connectivity index (χ4n) is 4.09. The van der Waals surface area contributed by atoms with Gasteiger partial charge in [-0.2, -0.15) is 20.2 Å². The number of rotatable bonds is 5. The molecule has 0 bridgehead atoms. The Balaban J connectivity index is 1.57. The molecule has 0 aliphatic carbocycles. The molecule has 2 atom stereocenters. The third-order valence-corrected chi connectivity index (χ3v) is 8.07. The number of halogens is 8. The van der Waals surface area contributed by atoms with Crippen molar-refractivity contribution >= 4 is 92.8 Å². The molecule has 0 fully saturated rings. The van der Waals surface area contributed by atoms with Crippen LogP contribution >= 0.6 is 69.6 Å². The molecule has 2 aromatic carbocycles. The van der Waals surface area contributed by atoms with E-state index in [1.807, 2.05) is 0 Å². The van der Waals surface area contributed by atoms with E-state index in [1.165, 1.54) is 24.3 Å². The van der Waals surface area contributed by atoms with Crippen molar-refractivity contribution in [1.29, 1.82) is 0 Å². The van der Waals surface area contributed by atoms with Crippen molar-refractivity contribution in [2.24, 2.45) is 10.2 Å². The van der Waals surface area contributed by atoms with Crippen molar-refractivity contribution in [1.82, 2.24) is 10.0 Å². The van der Waals surface area contributed by atoms with Crippen LogP contribution in [0, 0.1) is 11.6 Å². The Morgan fingerprint density at radius 1 is 0.700 bits per heavy atom. The summed E-state index contributed by atoms with van der Waals surface area (Å²) in [6.45, 7) is 0. The average Bonchev–Trinajstić information content (AvgIpc) is 3.42. The SMILES string of the molecule is O=C(CCC(=O)N1N=C(c2ccc(F)cc2)CC1(O)C(Cl)(Cl)Cl)N1N=C(c2ccc(F)cc2)CC1(O)C(Cl)(Cl)Cl. The molecule has 2 aliphatic heterocycles. The number of hydrogen-bond donors (Lipinski definition) is 2. The van der Waals surface area contributed by atoms with E-state index >= 15 is 0 Å². The van der Waals surface area contributed by atoms with Gasteiger partial charge in [0.1, 0.15) is 11.6 Å². The van der Waals surface area contributed by atoms with Crippen LogP contribution in [0.25, 0.3) is 0 Å². The Kier molecular flexibility index (Phi) is 8.69. The number of aliphatic hydroxyl groups is 2. The summed E-state index contributed by atoms with van der Waals surface area (Å²) in [4.78, 5) is 26.3. The van der Waals surface area contributed by atoms with Crippen molar-refractivity contribution < 1.29 is 28.6 Å². The minimum atomic E-state index is -2.44. The van der Waals surface area contributed by atoms with Gasteiger partial charge < -0.3 is 10.2 Å². The highest BCUT2D eigenvalue weighted by Gasteiger charge is 2.59. The van der Waals surface area contributed by atoms with Crippen molar-refractivity contribution in [3.05, 3.63) is 71.3 Å². The van der Waals surface area contributed by atoms with Gasteiger partial charge in [0.2, 0.25) is 30.8 Å². The van der Waals surface area contributed by atoms with E-state index in [2.05, 4.69) is 10.2 Å². The molecule has 0 spiro atoms. The third-order valence-electron chi connectivity index (χ3n) is 6.26. The topological polar surface area (TPSA) is 106 Å². The molecule has 2 N–H and O–H groups in total. The largest absolute Gasteiger partial charge is 0.365 e. The van der Waals surface area contributed by atoms with E-state index < -0.39 is 68.2 Å². The summed E-state index contributed by atoms with van der Waals surface area (Å²) >= 11 is 36.0. The number of alkyl halides is 6. The first-order chi connectivity index (χ1) is 18.5. The normalized spacial score (nSPS) is 23.4. The van der Waals surface area contributed by atoms with Crippen LogP contribution < -0.4 is 0 Å². The summed E-state index contributed by atoms with van der Waals surface area (Å²) in [7, 11) is 0. The Morgan fingerprint density at radius 3 is 1.27 bits per heavy atom. The van der Waals surface area contributed by atoms with Crippen molar-refractivity contribution in [2.75, 3.05) is 0 Å². The van der Waals surface area contributed by atoms with Gasteiger partial charge in [0, 0.05) is 25.7 Å².